The van der Waals surface area contributed by atoms with Gasteiger partial charge in [0.05, 0.1) is 5.52 Å². The number of thiol groups is 1. The molecule has 0 atom stereocenters. The van der Waals surface area contributed by atoms with Crippen molar-refractivity contribution in [2.75, 3.05) is 0 Å². The van der Waals surface area contributed by atoms with Gasteiger partial charge in [-0.3, -0.25) is 9.78 Å². The third kappa shape index (κ3) is 3.13. The van der Waals surface area contributed by atoms with Crippen molar-refractivity contribution >= 4 is 29.3 Å². The van der Waals surface area contributed by atoms with Crippen LogP contribution in [0, 0.1) is 11.8 Å². The van der Waals surface area contributed by atoms with E-state index in [0.29, 0.717) is 12.3 Å². The van der Waals surface area contributed by atoms with Crippen molar-refractivity contribution in [1.82, 2.24) is 4.98 Å². The first-order valence-electron chi connectivity index (χ1n) is 7.75. The van der Waals surface area contributed by atoms with E-state index < -0.39 is 0 Å². The van der Waals surface area contributed by atoms with Crippen molar-refractivity contribution in [2.24, 2.45) is 11.8 Å². The predicted octanol–water partition coefficient (Wildman–Crippen LogP) is 4.92. The predicted molar refractivity (Wildman–Crippen MR) is 89.1 cm³/mol. The molecule has 3 rings (SSSR count). The Hall–Kier alpha value is -1.35. The minimum atomic E-state index is 0.251. The van der Waals surface area contributed by atoms with Crippen LogP contribution in [-0.4, -0.2) is 10.8 Å². The second-order valence-electron chi connectivity index (χ2n) is 6.29. The van der Waals surface area contributed by atoms with Crippen LogP contribution in [0.2, 0.25) is 0 Å². The van der Waals surface area contributed by atoms with E-state index in [0.717, 1.165) is 27.3 Å². The van der Waals surface area contributed by atoms with E-state index in [1.807, 2.05) is 24.3 Å². The molecule has 0 bridgehead atoms. The second-order valence-corrected chi connectivity index (χ2v) is 6.77. The molecule has 1 aliphatic carbocycles. The number of carbonyl (C=O) groups excluding carboxylic acids is 1. The van der Waals surface area contributed by atoms with Crippen molar-refractivity contribution in [1.29, 1.82) is 0 Å². The van der Waals surface area contributed by atoms with Gasteiger partial charge in [0, 0.05) is 28.5 Å². The number of hydrogen-bond acceptors (Lipinski definition) is 3. The minimum absolute atomic E-state index is 0.251. The first kappa shape index (κ1) is 14.6. The monoisotopic (exact) mass is 299 g/mol. The molecule has 0 amide bonds. The summed E-state index contributed by atoms with van der Waals surface area (Å²) in [7, 11) is 0. The summed E-state index contributed by atoms with van der Waals surface area (Å²) in [5.41, 5.74) is 1.62. The lowest BCUT2D eigenvalue weighted by Crippen LogP contribution is -2.16. The van der Waals surface area contributed by atoms with E-state index in [-0.39, 0.29) is 5.78 Å². The average Bonchev–Trinajstić information content (AvgIpc) is 2.50. The zero-order chi connectivity index (χ0) is 14.8. The van der Waals surface area contributed by atoms with Gasteiger partial charge in [-0.25, -0.2) is 0 Å². The summed E-state index contributed by atoms with van der Waals surface area (Å²) in [6.07, 6.45) is 7.31. The molecule has 1 aliphatic rings. The standard InChI is InChI=1S/C18H21NOS/c1-12-4-6-13(7-5-12)11-16(20)14-8-9-17(21)18-15(14)3-2-10-19-18/h2-3,8-10,12-13,21H,4-7,11H2,1H3. The Bertz CT molecular complexity index is 659. The Morgan fingerprint density at radius 2 is 2.00 bits per heavy atom. The molecule has 110 valence electrons. The largest absolute Gasteiger partial charge is 0.294 e. The highest BCUT2D eigenvalue weighted by Gasteiger charge is 2.22. The van der Waals surface area contributed by atoms with Gasteiger partial charge in [0.25, 0.3) is 0 Å². The van der Waals surface area contributed by atoms with Gasteiger partial charge >= 0.3 is 0 Å². The van der Waals surface area contributed by atoms with Gasteiger partial charge in [-0.2, -0.15) is 0 Å². The van der Waals surface area contributed by atoms with Crippen LogP contribution in [0.1, 0.15) is 49.4 Å². The maximum Gasteiger partial charge on any atom is 0.163 e. The lowest BCUT2D eigenvalue weighted by molar-refractivity contribution is 0.0946. The van der Waals surface area contributed by atoms with Gasteiger partial charge < -0.3 is 0 Å². The molecule has 0 aliphatic heterocycles. The molecule has 1 aromatic carbocycles. The number of benzene rings is 1. The fraction of sp³-hybridized carbons (Fsp3) is 0.444. The molecule has 3 heteroatoms. The topological polar surface area (TPSA) is 30.0 Å². The van der Waals surface area contributed by atoms with Crippen LogP contribution in [0.25, 0.3) is 10.9 Å². The van der Waals surface area contributed by atoms with Crippen LogP contribution in [0.5, 0.6) is 0 Å². The SMILES string of the molecule is CC1CCC(CC(=O)c2ccc(S)c3ncccc23)CC1. The summed E-state index contributed by atoms with van der Waals surface area (Å²) in [5, 5.41) is 0.930. The lowest BCUT2D eigenvalue weighted by atomic mass is 9.80. The fourth-order valence-electron chi connectivity index (χ4n) is 3.31. The van der Waals surface area contributed by atoms with Crippen LogP contribution >= 0.6 is 12.6 Å². The highest BCUT2D eigenvalue weighted by molar-refractivity contribution is 7.80. The van der Waals surface area contributed by atoms with Crippen molar-refractivity contribution in [3.8, 4) is 0 Å². The van der Waals surface area contributed by atoms with Gasteiger partial charge in [-0.05, 0) is 42.9 Å². The Morgan fingerprint density at radius 1 is 1.24 bits per heavy atom. The van der Waals surface area contributed by atoms with E-state index in [2.05, 4.69) is 24.5 Å². The quantitative estimate of drug-likeness (QED) is 0.644. The van der Waals surface area contributed by atoms with Gasteiger partial charge in [0.1, 0.15) is 0 Å². The molecule has 1 fully saturated rings. The van der Waals surface area contributed by atoms with E-state index in [9.17, 15) is 4.79 Å². The second kappa shape index (κ2) is 6.18. The normalized spacial score (nSPS) is 22.4. The highest BCUT2D eigenvalue weighted by atomic mass is 32.1. The van der Waals surface area contributed by atoms with Crippen molar-refractivity contribution in [3.05, 3.63) is 36.0 Å². The highest BCUT2D eigenvalue weighted by Crippen LogP contribution is 2.32. The van der Waals surface area contributed by atoms with Gasteiger partial charge in [0.2, 0.25) is 0 Å². The summed E-state index contributed by atoms with van der Waals surface area (Å²) in [6.45, 7) is 2.31. The average molecular weight is 299 g/mol. The van der Waals surface area contributed by atoms with E-state index in [1.165, 1.54) is 25.7 Å². The van der Waals surface area contributed by atoms with E-state index >= 15 is 0 Å². The molecule has 1 heterocycles. The number of Topliss-reactive ketones (excluding diaryl/α,β-unsaturated/α-hetero) is 1. The number of nitrogens with zero attached hydrogens (tertiary/aromatic N) is 1. The van der Waals surface area contributed by atoms with Crippen LogP contribution < -0.4 is 0 Å². The molecular weight excluding hydrogens is 278 g/mol. The van der Waals surface area contributed by atoms with Crippen LogP contribution in [0.15, 0.2) is 35.4 Å². The summed E-state index contributed by atoms with van der Waals surface area (Å²) >= 11 is 4.43. The number of fused-ring (bicyclic) bond motifs is 1. The zero-order valence-corrected chi connectivity index (χ0v) is 13.3. The summed E-state index contributed by atoms with van der Waals surface area (Å²) in [4.78, 5) is 17.8. The molecular formula is C18H21NOS. The Morgan fingerprint density at radius 3 is 2.76 bits per heavy atom. The molecule has 1 saturated carbocycles. The third-order valence-electron chi connectivity index (χ3n) is 4.66. The Labute approximate surface area is 131 Å². The molecule has 2 aromatic rings. The number of hydrogen-bond donors (Lipinski definition) is 1. The molecule has 0 N–H and O–H groups in total. The van der Waals surface area contributed by atoms with Crippen molar-refractivity contribution < 1.29 is 4.79 Å². The smallest absolute Gasteiger partial charge is 0.163 e. The molecule has 0 saturated heterocycles. The van der Waals surface area contributed by atoms with Crippen molar-refractivity contribution in [2.45, 2.75) is 43.9 Å². The number of aromatic nitrogens is 1. The summed E-state index contributed by atoms with van der Waals surface area (Å²) < 4.78 is 0. The molecule has 1 aromatic heterocycles. The number of ketones is 1. The van der Waals surface area contributed by atoms with Crippen LogP contribution in [0.4, 0.5) is 0 Å². The molecule has 0 unspecified atom stereocenters. The maximum atomic E-state index is 12.7. The maximum absolute atomic E-state index is 12.7. The first-order valence-corrected chi connectivity index (χ1v) is 8.19. The molecule has 21 heavy (non-hydrogen) atoms. The molecule has 2 nitrogen and oxygen atoms in total. The fourth-order valence-corrected chi connectivity index (χ4v) is 3.56. The van der Waals surface area contributed by atoms with Crippen molar-refractivity contribution in [3.63, 3.8) is 0 Å². The number of rotatable bonds is 3. The van der Waals surface area contributed by atoms with Gasteiger partial charge in [-0.15, -0.1) is 12.6 Å². The summed E-state index contributed by atoms with van der Waals surface area (Å²) in [5.74, 6) is 1.63. The van der Waals surface area contributed by atoms with Gasteiger partial charge in [-0.1, -0.05) is 25.8 Å². The number of pyridine rings is 1. The Kier molecular flexibility index (Phi) is 4.29. The minimum Gasteiger partial charge on any atom is -0.294 e. The lowest BCUT2D eigenvalue weighted by Gasteiger charge is -2.25. The van der Waals surface area contributed by atoms with Crippen LogP contribution in [0.3, 0.4) is 0 Å². The van der Waals surface area contributed by atoms with Gasteiger partial charge in [0.15, 0.2) is 5.78 Å². The van der Waals surface area contributed by atoms with E-state index in [1.54, 1.807) is 6.20 Å². The molecule has 0 spiro atoms. The first-order chi connectivity index (χ1) is 10.1. The zero-order valence-electron chi connectivity index (χ0n) is 12.4. The number of carbonyl (C=O) groups is 1. The molecule has 0 radical (unpaired) electrons. The van der Waals surface area contributed by atoms with E-state index in [4.69, 9.17) is 0 Å². The van der Waals surface area contributed by atoms with Crippen LogP contribution in [-0.2, 0) is 0 Å². The third-order valence-corrected chi connectivity index (χ3v) is 5.02. The summed E-state index contributed by atoms with van der Waals surface area (Å²) in [6, 6.07) is 7.64. The Balaban J connectivity index is 1.83.